The first-order valence-corrected chi connectivity index (χ1v) is 10.0. The Hall–Kier alpha value is -0.920. The molecule has 0 saturated heterocycles. The molecule has 3 aliphatic rings. The Labute approximate surface area is 154 Å². The lowest BCUT2D eigenvalue weighted by Gasteiger charge is -2.35. The third kappa shape index (κ3) is 2.61. The normalized spacial score (nSPS) is 26.7. The second kappa shape index (κ2) is 6.42. The zero-order valence-electron chi connectivity index (χ0n) is 14.2. The molecule has 1 nitrogen and oxygen atoms in total. The highest BCUT2D eigenvalue weighted by Gasteiger charge is 2.33. The minimum absolute atomic E-state index is 0.00512. The van der Waals surface area contributed by atoms with Crippen LogP contribution in [-0.2, 0) is 12.8 Å². The van der Waals surface area contributed by atoms with E-state index in [2.05, 4.69) is 13.0 Å². The van der Waals surface area contributed by atoms with Crippen molar-refractivity contribution in [2.24, 2.45) is 5.92 Å². The van der Waals surface area contributed by atoms with Gasteiger partial charge in [-0.3, -0.25) is 0 Å². The fraction of sp³-hybridized carbons (Fsp3) is 0.524. The van der Waals surface area contributed by atoms with Gasteiger partial charge in [0.1, 0.15) is 5.75 Å². The quantitative estimate of drug-likeness (QED) is 0.570. The van der Waals surface area contributed by atoms with Crippen LogP contribution in [0.25, 0.3) is 5.57 Å². The van der Waals surface area contributed by atoms with E-state index in [1.54, 1.807) is 0 Å². The van der Waals surface area contributed by atoms with Gasteiger partial charge in [0.15, 0.2) is 0 Å². The van der Waals surface area contributed by atoms with Gasteiger partial charge < -0.3 is 5.11 Å². The molecular weight excluding hydrogens is 339 g/mol. The highest BCUT2D eigenvalue weighted by atomic mass is 35.5. The van der Waals surface area contributed by atoms with Crippen molar-refractivity contribution in [2.75, 3.05) is 0 Å². The molecule has 0 aromatic heterocycles. The number of aryl methyl sites for hydroxylation is 1. The Balaban J connectivity index is 1.98. The number of rotatable bonds is 1. The molecule has 24 heavy (non-hydrogen) atoms. The summed E-state index contributed by atoms with van der Waals surface area (Å²) in [4.78, 5) is 0. The SMILES string of the molecule is CC1C(c2c(O)c(Cl)cc3c2CCCC3)=C2CCCCC2=C[C@@H]1Cl. The number of benzene rings is 1. The number of phenols is 1. The molecule has 0 bridgehead atoms. The van der Waals surface area contributed by atoms with Gasteiger partial charge in [0.25, 0.3) is 0 Å². The summed E-state index contributed by atoms with van der Waals surface area (Å²) < 4.78 is 0. The summed E-state index contributed by atoms with van der Waals surface area (Å²) in [5, 5.41) is 11.4. The van der Waals surface area contributed by atoms with Crippen LogP contribution in [0.2, 0.25) is 5.02 Å². The summed E-state index contributed by atoms with van der Waals surface area (Å²) in [7, 11) is 0. The molecule has 1 aromatic rings. The summed E-state index contributed by atoms with van der Waals surface area (Å²) in [5.41, 5.74) is 7.74. The predicted molar refractivity (Wildman–Crippen MR) is 102 cm³/mol. The molecule has 2 atom stereocenters. The minimum Gasteiger partial charge on any atom is -0.506 e. The van der Waals surface area contributed by atoms with Gasteiger partial charge in [-0.15, -0.1) is 11.6 Å². The predicted octanol–water partition coefficient (Wildman–Crippen LogP) is 6.44. The van der Waals surface area contributed by atoms with Gasteiger partial charge in [0.05, 0.1) is 10.4 Å². The fourth-order valence-corrected chi connectivity index (χ4v) is 5.22. The average molecular weight is 363 g/mol. The summed E-state index contributed by atoms with van der Waals surface area (Å²) in [5.74, 6) is 0.473. The lowest BCUT2D eigenvalue weighted by Crippen LogP contribution is -2.22. The largest absolute Gasteiger partial charge is 0.506 e. The van der Waals surface area contributed by atoms with Crippen molar-refractivity contribution in [2.45, 2.75) is 63.7 Å². The van der Waals surface area contributed by atoms with Crippen LogP contribution in [0, 0.1) is 5.92 Å². The molecule has 1 saturated carbocycles. The van der Waals surface area contributed by atoms with E-state index in [0.717, 1.165) is 31.2 Å². The van der Waals surface area contributed by atoms with E-state index < -0.39 is 0 Å². The highest BCUT2D eigenvalue weighted by Crippen LogP contribution is 2.50. The van der Waals surface area contributed by atoms with Gasteiger partial charge in [0.2, 0.25) is 0 Å². The molecule has 1 fully saturated rings. The maximum Gasteiger partial charge on any atom is 0.141 e. The van der Waals surface area contributed by atoms with Gasteiger partial charge in [-0.2, -0.15) is 0 Å². The van der Waals surface area contributed by atoms with E-state index in [1.165, 1.54) is 53.5 Å². The molecule has 0 spiro atoms. The first-order valence-electron chi connectivity index (χ1n) is 9.19. The first-order chi connectivity index (χ1) is 11.6. The molecule has 0 amide bonds. The van der Waals surface area contributed by atoms with Crippen molar-refractivity contribution in [3.05, 3.63) is 45.0 Å². The second-order valence-electron chi connectivity index (χ2n) is 7.45. The Morgan fingerprint density at radius 1 is 1.04 bits per heavy atom. The summed E-state index contributed by atoms with van der Waals surface area (Å²) in [6, 6.07) is 1.98. The van der Waals surface area contributed by atoms with Crippen LogP contribution in [-0.4, -0.2) is 10.5 Å². The number of aromatic hydroxyl groups is 1. The van der Waals surface area contributed by atoms with Crippen LogP contribution in [0.5, 0.6) is 5.75 Å². The molecule has 128 valence electrons. The summed E-state index contributed by atoms with van der Waals surface area (Å²) in [6.45, 7) is 2.19. The Morgan fingerprint density at radius 3 is 2.58 bits per heavy atom. The van der Waals surface area contributed by atoms with Crippen molar-refractivity contribution in [1.29, 1.82) is 0 Å². The van der Waals surface area contributed by atoms with E-state index in [9.17, 15) is 5.11 Å². The Morgan fingerprint density at radius 2 is 1.75 bits per heavy atom. The summed E-state index contributed by atoms with van der Waals surface area (Å²) in [6.07, 6.45) is 11.4. The molecule has 3 aliphatic carbocycles. The van der Waals surface area contributed by atoms with Gasteiger partial charge in [-0.05, 0) is 85.3 Å². The van der Waals surface area contributed by atoms with E-state index in [0.29, 0.717) is 5.02 Å². The lowest BCUT2D eigenvalue weighted by atomic mass is 9.72. The van der Waals surface area contributed by atoms with Crippen LogP contribution >= 0.6 is 23.2 Å². The highest BCUT2D eigenvalue weighted by molar-refractivity contribution is 6.32. The van der Waals surface area contributed by atoms with E-state index in [1.807, 2.05) is 6.07 Å². The van der Waals surface area contributed by atoms with Crippen LogP contribution in [0.15, 0.2) is 23.3 Å². The first kappa shape index (κ1) is 16.5. The van der Waals surface area contributed by atoms with Crippen LogP contribution in [0.1, 0.15) is 62.1 Å². The van der Waals surface area contributed by atoms with Crippen molar-refractivity contribution in [3.8, 4) is 5.75 Å². The van der Waals surface area contributed by atoms with Crippen molar-refractivity contribution in [3.63, 3.8) is 0 Å². The maximum absolute atomic E-state index is 10.9. The number of hydrogen-bond donors (Lipinski definition) is 1. The number of halogens is 2. The van der Waals surface area contributed by atoms with Crippen molar-refractivity contribution >= 4 is 28.8 Å². The second-order valence-corrected chi connectivity index (χ2v) is 8.36. The number of alkyl halides is 1. The summed E-state index contributed by atoms with van der Waals surface area (Å²) >= 11 is 13.1. The lowest BCUT2D eigenvalue weighted by molar-refractivity contribution is 0.470. The third-order valence-electron chi connectivity index (χ3n) is 5.97. The molecule has 4 rings (SSSR count). The standard InChI is InChI=1S/C21H24Cl2O/c1-12-17(22)10-13-6-2-4-8-15(13)19(12)20-16-9-5-3-7-14(16)11-18(23)21(20)24/h10-12,17,24H,2-9H2,1H3/t12?,17-/m0/s1. The molecule has 0 radical (unpaired) electrons. The average Bonchev–Trinajstić information content (AvgIpc) is 2.58. The smallest absolute Gasteiger partial charge is 0.141 e. The fourth-order valence-electron chi connectivity index (χ4n) is 4.72. The van der Waals surface area contributed by atoms with Crippen LogP contribution in [0.4, 0.5) is 0 Å². The monoisotopic (exact) mass is 362 g/mol. The Kier molecular flexibility index (Phi) is 4.43. The Bertz CT molecular complexity index is 745. The topological polar surface area (TPSA) is 20.2 Å². The number of hydrogen-bond acceptors (Lipinski definition) is 1. The van der Waals surface area contributed by atoms with Crippen molar-refractivity contribution in [1.82, 2.24) is 0 Å². The molecule has 3 heteroatoms. The zero-order valence-corrected chi connectivity index (χ0v) is 15.7. The van der Waals surface area contributed by atoms with Gasteiger partial charge >= 0.3 is 0 Å². The van der Waals surface area contributed by atoms with Gasteiger partial charge in [-0.1, -0.05) is 24.6 Å². The number of phenolic OH excluding ortho intramolecular Hbond substituents is 1. The number of fused-ring (bicyclic) bond motifs is 2. The zero-order chi connectivity index (χ0) is 16.8. The van der Waals surface area contributed by atoms with Gasteiger partial charge in [-0.25, -0.2) is 0 Å². The van der Waals surface area contributed by atoms with Gasteiger partial charge in [0, 0.05) is 11.5 Å². The maximum atomic E-state index is 10.9. The number of allylic oxidation sites excluding steroid dienone is 4. The molecule has 1 aromatic carbocycles. The third-order valence-corrected chi connectivity index (χ3v) is 6.77. The van der Waals surface area contributed by atoms with E-state index in [4.69, 9.17) is 23.2 Å². The molecular formula is C21H24Cl2O. The van der Waals surface area contributed by atoms with Crippen LogP contribution < -0.4 is 0 Å². The minimum atomic E-state index is -0.00512. The van der Waals surface area contributed by atoms with E-state index in [-0.39, 0.29) is 17.0 Å². The van der Waals surface area contributed by atoms with Crippen LogP contribution in [0.3, 0.4) is 0 Å². The van der Waals surface area contributed by atoms with E-state index >= 15 is 0 Å². The molecule has 1 N–H and O–H groups in total. The molecule has 1 unspecified atom stereocenters. The molecule has 0 aliphatic heterocycles. The molecule has 0 heterocycles. The van der Waals surface area contributed by atoms with Crippen molar-refractivity contribution < 1.29 is 5.11 Å².